The zero-order valence-corrected chi connectivity index (χ0v) is 13.6. The summed E-state index contributed by atoms with van der Waals surface area (Å²) in [6, 6.07) is 14.8. The van der Waals surface area contributed by atoms with Crippen LogP contribution in [-0.4, -0.2) is 11.6 Å². The van der Waals surface area contributed by atoms with Crippen molar-refractivity contribution in [3.8, 4) is 0 Å². The van der Waals surface area contributed by atoms with E-state index in [1.54, 1.807) is 18.2 Å². The minimum Gasteiger partial charge on any atom is -0.398 e. The lowest BCUT2D eigenvalue weighted by Gasteiger charge is -2.25. The molecule has 0 saturated heterocycles. The number of benzene rings is 3. The normalized spacial score (nSPS) is 16.7. The molecule has 3 aromatic carbocycles. The van der Waals surface area contributed by atoms with Crippen molar-refractivity contribution in [2.45, 2.75) is 19.8 Å². The minimum atomic E-state index is -0.771. The summed E-state index contributed by atoms with van der Waals surface area (Å²) < 4.78 is 0. The lowest BCUT2D eigenvalue weighted by Crippen LogP contribution is -2.28. The first-order valence-corrected chi connectivity index (χ1v) is 7.96. The summed E-state index contributed by atoms with van der Waals surface area (Å²) in [7, 11) is 0. The van der Waals surface area contributed by atoms with E-state index >= 15 is 0 Å². The highest BCUT2D eigenvalue weighted by molar-refractivity contribution is 6.32. The lowest BCUT2D eigenvalue weighted by molar-refractivity contribution is 0.0855. The Bertz CT molecular complexity index is 1010. The van der Waals surface area contributed by atoms with Crippen molar-refractivity contribution in [2.24, 2.45) is 0 Å². The number of nitrogens with two attached hydrogens (primary N) is 1. The maximum Gasteiger partial charge on any atom is 0.178 e. The molecule has 3 aromatic rings. The fraction of sp³-hybridized carbons (Fsp3) is 0.143. The summed E-state index contributed by atoms with van der Waals surface area (Å²) in [4.78, 5) is 26.2. The van der Waals surface area contributed by atoms with Gasteiger partial charge < -0.3 is 5.73 Å². The van der Waals surface area contributed by atoms with Gasteiger partial charge in [-0.05, 0) is 37.1 Å². The van der Waals surface area contributed by atoms with Gasteiger partial charge in [0.1, 0.15) is 5.92 Å². The molecule has 4 rings (SSSR count). The van der Waals surface area contributed by atoms with Gasteiger partial charge in [0.15, 0.2) is 11.6 Å². The van der Waals surface area contributed by atoms with Crippen LogP contribution in [0.1, 0.15) is 43.3 Å². The van der Waals surface area contributed by atoms with Crippen molar-refractivity contribution < 1.29 is 9.59 Å². The summed E-state index contributed by atoms with van der Waals surface area (Å²) in [6.45, 7) is 3.95. The SMILES string of the molecule is Cc1ccc(C2C(=O)c3cccc4c(N)ccc(c34)C2=O)c(C)c1. The molecule has 2 N–H and O–H groups in total. The first-order valence-electron chi connectivity index (χ1n) is 7.96. The molecule has 0 amide bonds. The second-order valence-corrected chi connectivity index (χ2v) is 6.45. The largest absolute Gasteiger partial charge is 0.398 e. The van der Waals surface area contributed by atoms with E-state index in [9.17, 15) is 9.59 Å². The van der Waals surface area contributed by atoms with Gasteiger partial charge in [-0.15, -0.1) is 0 Å². The number of aryl methyl sites for hydroxylation is 2. The third-order valence-electron chi connectivity index (χ3n) is 4.87. The van der Waals surface area contributed by atoms with Gasteiger partial charge in [0.05, 0.1) is 0 Å². The molecule has 0 saturated carbocycles. The van der Waals surface area contributed by atoms with Crippen LogP contribution < -0.4 is 5.73 Å². The van der Waals surface area contributed by atoms with Gasteiger partial charge in [0.25, 0.3) is 0 Å². The zero-order chi connectivity index (χ0) is 17.0. The molecule has 1 aliphatic carbocycles. The van der Waals surface area contributed by atoms with Gasteiger partial charge >= 0.3 is 0 Å². The average molecular weight is 315 g/mol. The Labute approximate surface area is 140 Å². The molecule has 0 aliphatic heterocycles. The number of nitrogen functional groups attached to an aromatic ring is 1. The van der Waals surface area contributed by atoms with Crippen LogP contribution in [0.3, 0.4) is 0 Å². The number of Topliss-reactive ketones (excluding diaryl/α,β-unsaturated/α-hetero) is 2. The zero-order valence-electron chi connectivity index (χ0n) is 13.6. The highest BCUT2D eigenvalue weighted by Crippen LogP contribution is 2.39. The molecule has 0 bridgehead atoms. The van der Waals surface area contributed by atoms with Gasteiger partial charge in [-0.1, -0.05) is 42.0 Å². The molecule has 3 nitrogen and oxygen atoms in total. The van der Waals surface area contributed by atoms with Crippen molar-refractivity contribution in [1.29, 1.82) is 0 Å². The molecule has 118 valence electrons. The average Bonchev–Trinajstić information content (AvgIpc) is 2.56. The predicted molar refractivity (Wildman–Crippen MR) is 95.7 cm³/mol. The minimum absolute atomic E-state index is 0.143. The Hall–Kier alpha value is -2.94. The van der Waals surface area contributed by atoms with Crippen molar-refractivity contribution in [1.82, 2.24) is 0 Å². The number of ketones is 2. The van der Waals surface area contributed by atoms with E-state index in [0.29, 0.717) is 22.2 Å². The number of rotatable bonds is 1. The molecule has 24 heavy (non-hydrogen) atoms. The smallest absolute Gasteiger partial charge is 0.178 e. The molecule has 1 atom stereocenters. The molecule has 0 fully saturated rings. The highest BCUT2D eigenvalue weighted by atomic mass is 16.2. The molecular weight excluding hydrogens is 298 g/mol. The maximum absolute atomic E-state index is 13.1. The van der Waals surface area contributed by atoms with E-state index in [1.807, 2.05) is 44.2 Å². The number of carbonyl (C=O) groups is 2. The fourth-order valence-corrected chi connectivity index (χ4v) is 3.70. The fourth-order valence-electron chi connectivity index (χ4n) is 3.70. The van der Waals surface area contributed by atoms with Crippen LogP contribution in [0.2, 0.25) is 0 Å². The maximum atomic E-state index is 13.1. The van der Waals surface area contributed by atoms with E-state index in [-0.39, 0.29) is 11.6 Å². The Morgan fingerprint density at radius 2 is 1.58 bits per heavy atom. The monoisotopic (exact) mass is 315 g/mol. The van der Waals surface area contributed by atoms with E-state index in [1.165, 1.54) is 0 Å². The molecule has 0 spiro atoms. The molecule has 3 heteroatoms. The first kappa shape index (κ1) is 14.6. The van der Waals surface area contributed by atoms with Crippen LogP contribution >= 0.6 is 0 Å². The van der Waals surface area contributed by atoms with E-state index in [2.05, 4.69) is 0 Å². The number of carbonyl (C=O) groups excluding carboxylic acids is 2. The third kappa shape index (κ3) is 1.91. The lowest BCUT2D eigenvalue weighted by atomic mass is 9.75. The van der Waals surface area contributed by atoms with Crippen molar-refractivity contribution in [3.05, 3.63) is 76.3 Å². The Kier molecular flexibility index (Phi) is 3.07. The van der Waals surface area contributed by atoms with Gasteiger partial charge in [0.2, 0.25) is 0 Å². The van der Waals surface area contributed by atoms with Crippen LogP contribution in [0.5, 0.6) is 0 Å². The second-order valence-electron chi connectivity index (χ2n) is 6.45. The van der Waals surface area contributed by atoms with E-state index in [0.717, 1.165) is 22.1 Å². The summed E-state index contributed by atoms with van der Waals surface area (Å²) >= 11 is 0. The molecule has 0 radical (unpaired) electrons. The first-order chi connectivity index (χ1) is 11.5. The van der Waals surface area contributed by atoms with E-state index in [4.69, 9.17) is 5.73 Å². The molecule has 1 unspecified atom stereocenters. The van der Waals surface area contributed by atoms with Crippen LogP contribution in [0.15, 0.2) is 48.5 Å². The van der Waals surface area contributed by atoms with Crippen molar-refractivity contribution in [3.63, 3.8) is 0 Å². The van der Waals surface area contributed by atoms with Gasteiger partial charge in [-0.25, -0.2) is 0 Å². The quantitative estimate of drug-likeness (QED) is 0.541. The standard InChI is InChI=1S/C21H17NO2/c1-11-6-7-13(12(2)10-11)19-20(23)15-5-3-4-14-17(22)9-8-16(18(14)15)21(19)24/h3-10,19H,22H2,1-2H3. The topological polar surface area (TPSA) is 60.2 Å². The number of hydrogen-bond acceptors (Lipinski definition) is 3. The molecular formula is C21H17NO2. The molecule has 1 aliphatic rings. The molecule has 0 aromatic heterocycles. The molecule has 0 heterocycles. The Balaban J connectivity index is 2.01. The van der Waals surface area contributed by atoms with E-state index < -0.39 is 5.92 Å². The van der Waals surface area contributed by atoms with Gasteiger partial charge in [-0.2, -0.15) is 0 Å². The summed E-state index contributed by atoms with van der Waals surface area (Å²) in [6.07, 6.45) is 0. The third-order valence-corrected chi connectivity index (χ3v) is 4.87. The Morgan fingerprint density at radius 1 is 0.875 bits per heavy atom. The van der Waals surface area contributed by atoms with Gasteiger partial charge in [0, 0.05) is 27.6 Å². The second kappa shape index (κ2) is 5.03. The summed E-state index contributed by atoms with van der Waals surface area (Å²) in [5, 5.41) is 1.46. The van der Waals surface area contributed by atoms with Crippen LogP contribution in [0, 0.1) is 13.8 Å². The number of anilines is 1. The van der Waals surface area contributed by atoms with Crippen molar-refractivity contribution in [2.75, 3.05) is 5.73 Å². The number of hydrogen-bond donors (Lipinski definition) is 1. The van der Waals surface area contributed by atoms with Gasteiger partial charge in [-0.3, -0.25) is 9.59 Å². The van der Waals surface area contributed by atoms with Crippen LogP contribution in [-0.2, 0) is 0 Å². The van der Waals surface area contributed by atoms with Crippen molar-refractivity contribution >= 4 is 28.0 Å². The summed E-state index contributed by atoms with van der Waals surface area (Å²) in [5.41, 5.74) is 10.6. The highest BCUT2D eigenvalue weighted by Gasteiger charge is 2.37. The van der Waals surface area contributed by atoms with Crippen LogP contribution in [0.25, 0.3) is 10.8 Å². The predicted octanol–water partition coefficient (Wildman–Crippen LogP) is 4.20. The van der Waals surface area contributed by atoms with Crippen LogP contribution in [0.4, 0.5) is 5.69 Å². The summed E-state index contributed by atoms with van der Waals surface area (Å²) in [5.74, 6) is -1.06. The Morgan fingerprint density at radius 3 is 2.29 bits per heavy atom.